The fourth-order valence-corrected chi connectivity index (χ4v) is 1.58. The van der Waals surface area contributed by atoms with E-state index in [-0.39, 0.29) is 23.6 Å². The lowest BCUT2D eigenvalue weighted by atomic mass is 9.95. The van der Waals surface area contributed by atoms with Crippen LogP contribution in [0, 0.1) is 11.2 Å². The van der Waals surface area contributed by atoms with Crippen molar-refractivity contribution in [1.82, 2.24) is 5.32 Å². The third-order valence-corrected chi connectivity index (χ3v) is 2.84. The van der Waals surface area contributed by atoms with Crippen LogP contribution in [-0.2, 0) is 6.42 Å². The molecule has 0 aliphatic carbocycles. The Kier molecular flexibility index (Phi) is 5.56. The molecule has 0 aliphatic heterocycles. The van der Waals surface area contributed by atoms with Crippen molar-refractivity contribution >= 4 is 0 Å². The SMILES string of the molecule is COc1ccc(CCNCC(C)(C)CO)cc1F. The molecule has 0 heterocycles. The van der Waals surface area contributed by atoms with Gasteiger partial charge in [0.15, 0.2) is 11.6 Å². The summed E-state index contributed by atoms with van der Waals surface area (Å²) in [6, 6.07) is 5.00. The predicted molar refractivity (Wildman–Crippen MR) is 70.4 cm³/mol. The second kappa shape index (κ2) is 6.71. The minimum absolute atomic E-state index is 0.120. The molecule has 0 saturated carbocycles. The van der Waals surface area contributed by atoms with Crippen molar-refractivity contribution in [2.75, 3.05) is 26.8 Å². The number of benzene rings is 1. The van der Waals surface area contributed by atoms with Crippen molar-refractivity contribution in [3.05, 3.63) is 29.6 Å². The molecule has 1 aromatic rings. The number of nitrogens with one attached hydrogen (secondary N) is 1. The van der Waals surface area contributed by atoms with Crippen molar-refractivity contribution in [3.63, 3.8) is 0 Å². The van der Waals surface area contributed by atoms with Crippen LogP contribution in [0.4, 0.5) is 4.39 Å². The number of rotatable bonds is 7. The smallest absolute Gasteiger partial charge is 0.165 e. The van der Waals surface area contributed by atoms with Crippen LogP contribution >= 0.6 is 0 Å². The Bertz CT molecular complexity index is 380. The molecule has 0 unspecified atom stereocenters. The van der Waals surface area contributed by atoms with E-state index in [1.165, 1.54) is 13.2 Å². The van der Waals surface area contributed by atoms with Gasteiger partial charge in [-0.15, -0.1) is 0 Å². The molecule has 0 atom stereocenters. The Hall–Kier alpha value is -1.13. The van der Waals surface area contributed by atoms with Crippen molar-refractivity contribution in [2.45, 2.75) is 20.3 Å². The molecule has 0 bridgehead atoms. The summed E-state index contributed by atoms with van der Waals surface area (Å²) in [6.07, 6.45) is 0.752. The van der Waals surface area contributed by atoms with Gasteiger partial charge in [-0.1, -0.05) is 19.9 Å². The van der Waals surface area contributed by atoms with Gasteiger partial charge in [-0.05, 0) is 30.7 Å². The van der Waals surface area contributed by atoms with Crippen LogP contribution in [0.5, 0.6) is 5.75 Å². The first-order valence-corrected chi connectivity index (χ1v) is 6.12. The van der Waals surface area contributed by atoms with Gasteiger partial charge >= 0.3 is 0 Å². The molecule has 3 nitrogen and oxygen atoms in total. The van der Waals surface area contributed by atoms with Crippen molar-refractivity contribution in [3.8, 4) is 5.75 Å². The third kappa shape index (κ3) is 4.63. The molecule has 0 aromatic heterocycles. The first kappa shape index (κ1) is 14.9. The number of hydrogen-bond acceptors (Lipinski definition) is 3. The second-order valence-electron chi connectivity index (χ2n) is 5.22. The lowest BCUT2D eigenvalue weighted by Crippen LogP contribution is -2.33. The normalized spacial score (nSPS) is 11.6. The van der Waals surface area contributed by atoms with E-state index in [0.717, 1.165) is 25.1 Å². The van der Waals surface area contributed by atoms with E-state index in [9.17, 15) is 4.39 Å². The number of aliphatic hydroxyl groups excluding tert-OH is 1. The zero-order valence-corrected chi connectivity index (χ0v) is 11.3. The number of ether oxygens (including phenoxy) is 1. The average molecular weight is 255 g/mol. The zero-order chi connectivity index (χ0) is 13.6. The van der Waals surface area contributed by atoms with Crippen LogP contribution in [0.3, 0.4) is 0 Å². The summed E-state index contributed by atoms with van der Waals surface area (Å²) in [5.74, 6) is -0.0567. The molecule has 0 saturated heterocycles. The van der Waals surface area contributed by atoms with E-state index < -0.39 is 0 Å². The van der Waals surface area contributed by atoms with E-state index in [4.69, 9.17) is 9.84 Å². The van der Waals surface area contributed by atoms with Gasteiger partial charge in [0.05, 0.1) is 7.11 Å². The van der Waals surface area contributed by atoms with Crippen LogP contribution in [0.15, 0.2) is 18.2 Å². The van der Waals surface area contributed by atoms with Crippen LogP contribution < -0.4 is 10.1 Å². The summed E-state index contributed by atoms with van der Waals surface area (Å²) in [4.78, 5) is 0. The Balaban J connectivity index is 2.38. The van der Waals surface area contributed by atoms with Gasteiger partial charge < -0.3 is 15.2 Å². The molecule has 1 rings (SSSR count). The topological polar surface area (TPSA) is 41.5 Å². The summed E-state index contributed by atoms with van der Waals surface area (Å²) in [6.45, 7) is 5.63. The molecule has 4 heteroatoms. The first-order valence-electron chi connectivity index (χ1n) is 6.12. The summed E-state index contributed by atoms with van der Waals surface area (Å²) in [7, 11) is 1.45. The molecule has 0 amide bonds. The van der Waals surface area contributed by atoms with Crippen molar-refractivity contribution in [1.29, 1.82) is 0 Å². The Labute approximate surface area is 108 Å². The molecule has 0 spiro atoms. The summed E-state index contributed by atoms with van der Waals surface area (Å²) >= 11 is 0. The molecular formula is C14H22FNO2. The molecule has 0 aliphatic rings. The van der Waals surface area contributed by atoms with E-state index >= 15 is 0 Å². The lowest BCUT2D eigenvalue weighted by molar-refractivity contribution is 0.157. The van der Waals surface area contributed by atoms with Crippen LogP contribution in [0.25, 0.3) is 0 Å². The van der Waals surface area contributed by atoms with E-state index in [0.29, 0.717) is 0 Å². The fourth-order valence-electron chi connectivity index (χ4n) is 1.58. The quantitative estimate of drug-likeness (QED) is 0.732. The zero-order valence-electron chi connectivity index (χ0n) is 11.3. The molecule has 0 radical (unpaired) electrons. The third-order valence-electron chi connectivity index (χ3n) is 2.84. The number of aliphatic hydroxyl groups is 1. The van der Waals surface area contributed by atoms with Gasteiger partial charge in [-0.25, -0.2) is 4.39 Å². The highest BCUT2D eigenvalue weighted by Crippen LogP contribution is 2.17. The molecular weight excluding hydrogens is 233 g/mol. The Morgan fingerprint density at radius 3 is 2.67 bits per heavy atom. The van der Waals surface area contributed by atoms with E-state index in [2.05, 4.69) is 5.32 Å². The maximum atomic E-state index is 13.4. The maximum absolute atomic E-state index is 13.4. The Morgan fingerprint density at radius 1 is 1.39 bits per heavy atom. The second-order valence-corrected chi connectivity index (χ2v) is 5.22. The van der Waals surface area contributed by atoms with Crippen LogP contribution in [0.1, 0.15) is 19.4 Å². The largest absolute Gasteiger partial charge is 0.494 e. The van der Waals surface area contributed by atoms with Gasteiger partial charge in [0.2, 0.25) is 0 Å². The van der Waals surface area contributed by atoms with Gasteiger partial charge in [0, 0.05) is 18.6 Å². The molecule has 0 fully saturated rings. The number of halogens is 1. The average Bonchev–Trinajstić information content (AvgIpc) is 2.35. The number of hydrogen-bond donors (Lipinski definition) is 2. The maximum Gasteiger partial charge on any atom is 0.165 e. The van der Waals surface area contributed by atoms with Crippen LogP contribution in [-0.4, -0.2) is 31.9 Å². The fraction of sp³-hybridized carbons (Fsp3) is 0.571. The minimum atomic E-state index is -0.328. The predicted octanol–water partition coefficient (Wildman–Crippen LogP) is 1.98. The first-order chi connectivity index (χ1) is 8.48. The minimum Gasteiger partial charge on any atom is -0.494 e. The lowest BCUT2D eigenvalue weighted by Gasteiger charge is -2.21. The van der Waals surface area contributed by atoms with Gasteiger partial charge in [0.25, 0.3) is 0 Å². The summed E-state index contributed by atoms with van der Waals surface area (Å²) < 4.78 is 18.3. The number of methoxy groups -OCH3 is 1. The van der Waals surface area contributed by atoms with Gasteiger partial charge in [-0.2, -0.15) is 0 Å². The highest BCUT2D eigenvalue weighted by atomic mass is 19.1. The molecule has 1 aromatic carbocycles. The monoisotopic (exact) mass is 255 g/mol. The van der Waals surface area contributed by atoms with E-state index in [1.54, 1.807) is 6.07 Å². The summed E-state index contributed by atoms with van der Waals surface area (Å²) in [5, 5.41) is 12.4. The Morgan fingerprint density at radius 2 is 2.11 bits per heavy atom. The van der Waals surface area contributed by atoms with Crippen molar-refractivity contribution < 1.29 is 14.2 Å². The summed E-state index contributed by atoms with van der Waals surface area (Å²) in [5.41, 5.74) is 0.813. The standard InChI is InChI=1S/C14H22FNO2/c1-14(2,10-17)9-16-7-6-11-4-5-13(18-3)12(15)8-11/h4-5,8,16-17H,6-7,9-10H2,1-3H3. The van der Waals surface area contributed by atoms with Crippen molar-refractivity contribution in [2.24, 2.45) is 5.41 Å². The van der Waals surface area contributed by atoms with Gasteiger partial charge in [-0.3, -0.25) is 0 Å². The molecule has 18 heavy (non-hydrogen) atoms. The van der Waals surface area contributed by atoms with Gasteiger partial charge in [0.1, 0.15) is 0 Å². The van der Waals surface area contributed by atoms with E-state index in [1.807, 2.05) is 19.9 Å². The highest BCUT2D eigenvalue weighted by Gasteiger charge is 2.15. The highest BCUT2D eigenvalue weighted by molar-refractivity contribution is 5.29. The van der Waals surface area contributed by atoms with Crippen LogP contribution in [0.2, 0.25) is 0 Å². The molecule has 102 valence electrons. The molecule has 2 N–H and O–H groups in total.